The van der Waals surface area contributed by atoms with Gasteiger partial charge in [-0.2, -0.15) is 0 Å². The van der Waals surface area contributed by atoms with Crippen LogP contribution in [0.1, 0.15) is 18.5 Å². The van der Waals surface area contributed by atoms with Crippen LogP contribution in [0.3, 0.4) is 0 Å². The normalized spacial score (nSPS) is 18.0. The van der Waals surface area contributed by atoms with Gasteiger partial charge in [-0.25, -0.2) is 0 Å². The van der Waals surface area contributed by atoms with Gasteiger partial charge < -0.3 is 4.90 Å². The van der Waals surface area contributed by atoms with E-state index in [0.717, 1.165) is 0 Å². The Morgan fingerprint density at radius 3 is 2.15 bits per heavy atom. The molecule has 100 valence electrons. The minimum Gasteiger partial charge on any atom is -0.370 e. The number of likely N-dealkylation sites (N-methyl/N-ethyl adjacent to an activating group) is 1. The Morgan fingerprint density at radius 1 is 0.850 bits per heavy atom. The number of rotatable bonds is 2. The lowest BCUT2D eigenvalue weighted by molar-refractivity contribution is 0.373. The van der Waals surface area contributed by atoms with Crippen LogP contribution in [0.15, 0.2) is 78.5 Å². The maximum atomic E-state index is 2.26. The van der Waals surface area contributed by atoms with E-state index >= 15 is 0 Å². The molecule has 0 bridgehead atoms. The van der Waals surface area contributed by atoms with Gasteiger partial charge >= 0.3 is 0 Å². The van der Waals surface area contributed by atoms with E-state index in [-0.39, 0.29) is 0 Å². The topological polar surface area (TPSA) is 3.24 Å². The first-order valence-electron chi connectivity index (χ1n) is 6.98. The number of hydrogen-bond acceptors (Lipinski definition) is 1. The fraction of sp³-hybridized carbons (Fsp3) is 0.158. The minimum atomic E-state index is 0.352. The zero-order valence-electron chi connectivity index (χ0n) is 12.0. The van der Waals surface area contributed by atoms with Gasteiger partial charge in [-0.3, -0.25) is 0 Å². The van der Waals surface area contributed by atoms with E-state index in [0.29, 0.717) is 6.04 Å². The van der Waals surface area contributed by atoms with Crippen LogP contribution in [0.25, 0.3) is 11.1 Å². The summed E-state index contributed by atoms with van der Waals surface area (Å²) in [5, 5.41) is 0. The second-order valence-electron chi connectivity index (χ2n) is 5.31. The van der Waals surface area contributed by atoms with Crippen molar-refractivity contribution in [2.45, 2.75) is 13.0 Å². The van der Waals surface area contributed by atoms with E-state index in [1.54, 1.807) is 0 Å². The lowest BCUT2D eigenvalue weighted by Crippen LogP contribution is -2.21. The fourth-order valence-corrected chi connectivity index (χ4v) is 2.82. The average molecular weight is 261 g/mol. The Labute approximate surface area is 120 Å². The standard InChI is InChI=1S/C19H19N/c1-15-7-6-14-20(2)19(15)18-12-10-17(11-13-18)16-8-4-3-5-9-16/h3-14,19H,1-2H3. The third-order valence-corrected chi connectivity index (χ3v) is 3.85. The Bertz CT molecular complexity index is 635. The van der Waals surface area contributed by atoms with Crippen molar-refractivity contribution in [3.05, 3.63) is 84.1 Å². The van der Waals surface area contributed by atoms with Crippen molar-refractivity contribution in [3.63, 3.8) is 0 Å². The van der Waals surface area contributed by atoms with Crippen molar-refractivity contribution < 1.29 is 0 Å². The Morgan fingerprint density at radius 2 is 1.50 bits per heavy atom. The predicted molar refractivity (Wildman–Crippen MR) is 85.3 cm³/mol. The van der Waals surface area contributed by atoms with Crippen LogP contribution in [0, 0.1) is 0 Å². The zero-order chi connectivity index (χ0) is 13.9. The van der Waals surface area contributed by atoms with E-state index in [2.05, 4.69) is 91.8 Å². The van der Waals surface area contributed by atoms with Crippen LogP contribution in [0.2, 0.25) is 0 Å². The van der Waals surface area contributed by atoms with Gasteiger partial charge in [-0.05, 0) is 41.5 Å². The molecule has 0 N–H and O–H groups in total. The molecule has 1 heterocycles. The van der Waals surface area contributed by atoms with Crippen molar-refractivity contribution in [2.75, 3.05) is 7.05 Å². The van der Waals surface area contributed by atoms with Crippen LogP contribution in [0.5, 0.6) is 0 Å². The lowest BCUT2D eigenvalue weighted by Gasteiger charge is -2.30. The van der Waals surface area contributed by atoms with Gasteiger partial charge in [0.2, 0.25) is 0 Å². The highest BCUT2D eigenvalue weighted by Crippen LogP contribution is 2.31. The van der Waals surface area contributed by atoms with Crippen LogP contribution >= 0.6 is 0 Å². The molecular formula is C19H19N. The number of benzene rings is 2. The average Bonchev–Trinajstić information content (AvgIpc) is 2.49. The van der Waals surface area contributed by atoms with Crippen molar-refractivity contribution in [1.29, 1.82) is 0 Å². The summed E-state index contributed by atoms with van der Waals surface area (Å²) in [6.07, 6.45) is 6.42. The van der Waals surface area contributed by atoms with Gasteiger partial charge in [-0.1, -0.05) is 60.7 Å². The van der Waals surface area contributed by atoms with Gasteiger partial charge in [0.15, 0.2) is 0 Å². The molecule has 2 aromatic carbocycles. The summed E-state index contributed by atoms with van der Waals surface area (Å²) in [6, 6.07) is 19.8. The van der Waals surface area contributed by atoms with Gasteiger partial charge in [0, 0.05) is 7.05 Å². The molecule has 2 aromatic rings. The van der Waals surface area contributed by atoms with Gasteiger partial charge in [-0.15, -0.1) is 0 Å². The fourth-order valence-electron chi connectivity index (χ4n) is 2.82. The summed E-state index contributed by atoms with van der Waals surface area (Å²) in [6.45, 7) is 2.19. The van der Waals surface area contributed by atoms with Crippen LogP contribution in [-0.4, -0.2) is 11.9 Å². The molecule has 20 heavy (non-hydrogen) atoms. The van der Waals surface area contributed by atoms with Crippen molar-refractivity contribution in [3.8, 4) is 11.1 Å². The van der Waals surface area contributed by atoms with Crippen molar-refractivity contribution in [2.24, 2.45) is 0 Å². The molecule has 0 radical (unpaired) electrons. The molecule has 0 spiro atoms. The number of allylic oxidation sites excluding steroid dienone is 2. The quantitative estimate of drug-likeness (QED) is 0.750. The van der Waals surface area contributed by atoms with Crippen molar-refractivity contribution in [1.82, 2.24) is 4.90 Å². The summed E-state index contributed by atoms with van der Waals surface area (Å²) >= 11 is 0. The molecule has 1 nitrogen and oxygen atoms in total. The summed E-state index contributed by atoms with van der Waals surface area (Å²) in [7, 11) is 2.13. The molecular weight excluding hydrogens is 242 g/mol. The minimum absolute atomic E-state index is 0.352. The van der Waals surface area contributed by atoms with Crippen molar-refractivity contribution >= 4 is 0 Å². The van der Waals surface area contributed by atoms with E-state index in [1.165, 1.54) is 22.3 Å². The van der Waals surface area contributed by atoms with Gasteiger partial charge in [0.05, 0.1) is 6.04 Å². The van der Waals surface area contributed by atoms with Crippen LogP contribution < -0.4 is 0 Å². The van der Waals surface area contributed by atoms with Gasteiger partial charge in [0.1, 0.15) is 0 Å². The lowest BCUT2D eigenvalue weighted by atomic mass is 9.94. The van der Waals surface area contributed by atoms with E-state index in [4.69, 9.17) is 0 Å². The molecule has 1 aliphatic rings. The van der Waals surface area contributed by atoms with E-state index < -0.39 is 0 Å². The molecule has 0 aromatic heterocycles. The molecule has 0 saturated heterocycles. The third-order valence-electron chi connectivity index (χ3n) is 3.85. The highest BCUT2D eigenvalue weighted by molar-refractivity contribution is 5.63. The molecule has 0 fully saturated rings. The third kappa shape index (κ3) is 2.39. The summed E-state index contributed by atoms with van der Waals surface area (Å²) in [5.74, 6) is 0. The largest absolute Gasteiger partial charge is 0.370 e. The van der Waals surface area contributed by atoms with E-state index in [1.807, 2.05) is 0 Å². The van der Waals surface area contributed by atoms with Crippen LogP contribution in [-0.2, 0) is 0 Å². The SMILES string of the molecule is CC1=CC=CN(C)C1c1ccc(-c2ccccc2)cc1. The Kier molecular flexibility index (Phi) is 3.42. The molecule has 0 aliphatic carbocycles. The monoisotopic (exact) mass is 261 g/mol. The maximum absolute atomic E-state index is 2.26. The Hall–Kier alpha value is -2.28. The summed E-state index contributed by atoms with van der Waals surface area (Å²) in [4.78, 5) is 2.26. The summed E-state index contributed by atoms with van der Waals surface area (Å²) < 4.78 is 0. The van der Waals surface area contributed by atoms with E-state index in [9.17, 15) is 0 Å². The molecule has 0 amide bonds. The molecule has 1 unspecified atom stereocenters. The first-order valence-corrected chi connectivity index (χ1v) is 6.98. The second-order valence-corrected chi connectivity index (χ2v) is 5.31. The first-order chi connectivity index (χ1) is 9.75. The first kappa shape index (κ1) is 12.7. The zero-order valence-corrected chi connectivity index (χ0v) is 12.0. The number of hydrogen-bond donors (Lipinski definition) is 0. The second kappa shape index (κ2) is 5.38. The van der Waals surface area contributed by atoms with Crippen LogP contribution in [0.4, 0.5) is 0 Å². The molecule has 1 aliphatic heterocycles. The number of nitrogens with zero attached hydrogens (tertiary/aromatic N) is 1. The molecule has 0 saturated carbocycles. The highest BCUT2D eigenvalue weighted by Gasteiger charge is 2.18. The highest BCUT2D eigenvalue weighted by atomic mass is 15.1. The molecule has 1 heteroatoms. The Balaban J connectivity index is 1.90. The van der Waals surface area contributed by atoms with Gasteiger partial charge in [0.25, 0.3) is 0 Å². The molecule has 1 atom stereocenters. The smallest absolute Gasteiger partial charge is 0.0747 e. The predicted octanol–water partition coefficient (Wildman–Crippen LogP) is 4.80. The maximum Gasteiger partial charge on any atom is 0.0747 e. The summed E-state index contributed by atoms with van der Waals surface area (Å²) in [5.41, 5.74) is 5.25. The molecule has 3 rings (SSSR count).